The first-order chi connectivity index (χ1) is 9.36. The van der Waals surface area contributed by atoms with E-state index in [4.69, 9.17) is 34.8 Å². The van der Waals surface area contributed by atoms with Gasteiger partial charge in [0, 0.05) is 5.02 Å². The Labute approximate surface area is 129 Å². The minimum atomic E-state index is -0.553. The summed E-state index contributed by atoms with van der Waals surface area (Å²) in [6, 6.07) is 5.73. The Bertz CT molecular complexity index is 692. The van der Waals surface area contributed by atoms with Gasteiger partial charge in [0.05, 0.1) is 27.8 Å². The Morgan fingerprint density at radius 3 is 2.50 bits per heavy atom. The molecule has 0 saturated carbocycles. The van der Waals surface area contributed by atoms with Gasteiger partial charge in [0.15, 0.2) is 0 Å². The van der Waals surface area contributed by atoms with Crippen LogP contribution in [0, 0.1) is 17.0 Å². The zero-order valence-corrected chi connectivity index (χ0v) is 12.4. The van der Waals surface area contributed by atoms with E-state index in [0.717, 1.165) is 11.6 Å². The molecule has 20 heavy (non-hydrogen) atoms. The molecule has 0 aliphatic rings. The van der Waals surface area contributed by atoms with Gasteiger partial charge >= 0.3 is 0 Å². The Morgan fingerprint density at radius 1 is 1.15 bits per heavy atom. The fourth-order valence-electron chi connectivity index (χ4n) is 1.53. The van der Waals surface area contributed by atoms with E-state index in [9.17, 15) is 10.1 Å². The molecule has 2 rings (SSSR count). The van der Waals surface area contributed by atoms with Gasteiger partial charge in [-0.05, 0) is 24.6 Å². The van der Waals surface area contributed by atoms with Crippen LogP contribution < -0.4 is 5.32 Å². The van der Waals surface area contributed by atoms with Crippen molar-refractivity contribution in [1.29, 1.82) is 0 Å². The molecule has 0 bridgehead atoms. The van der Waals surface area contributed by atoms with E-state index in [0.29, 0.717) is 15.7 Å². The number of halogens is 3. The van der Waals surface area contributed by atoms with Gasteiger partial charge in [-0.25, -0.2) is 4.98 Å². The van der Waals surface area contributed by atoms with Crippen LogP contribution in [-0.2, 0) is 0 Å². The third-order valence-corrected chi connectivity index (χ3v) is 3.41. The number of rotatable bonds is 3. The van der Waals surface area contributed by atoms with E-state index < -0.39 is 4.92 Å². The Kier molecular flexibility index (Phi) is 4.32. The maximum Gasteiger partial charge on any atom is 0.276 e. The number of aryl methyl sites for hydroxylation is 1. The van der Waals surface area contributed by atoms with Crippen LogP contribution in [0.25, 0.3) is 0 Å². The number of benzene rings is 1. The largest absolute Gasteiger partial charge is 0.339 e. The zero-order chi connectivity index (χ0) is 14.9. The second-order valence-corrected chi connectivity index (χ2v) is 5.20. The first kappa shape index (κ1) is 14.8. The molecular weight excluding hydrogens is 325 g/mol. The van der Waals surface area contributed by atoms with Crippen molar-refractivity contribution in [2.24, 2.45) is 0 Å². The Balaban J connectivity index is 2.40. The number of pyridine rings is 1. The van der Waals surface area contributed by atoms with Crippen LogP contribution in [0.5, 0.6) is 0 Å². The zero-order valence-electron chi connectivity index (χ0n) is 10.2. The highest BCUT2D eigenvalue weighted by atomic mass is 35.5. The van der Waals surface area contributed by atoms with Crippen molar-refractivity contribution in [3.63, 3.8) is 0 Å². The lowest BCUT2D eigenvalue weighted by Crippen LogP contribution is -1.97. The molecule has 0 fully saturated rings. The summed E-state index contributed by atoms with van der Waals surface area (Å²) < 4.78 is 0. The number of nitro groups is 1. The summed E-state index contributed by atoms with van der Waals surface area (Å²) in [5.41, 5.74) is 1.15. The second kappa shape index (κ2) is 5.83. The minimum Gasteiger partial charge on any atom is -0.339 e. The van der Waals surface area contributed by atoms with E-state index in [1.54, 1.807) is 12.1 Å². The van der Waals surface area contributed by atoms with E-state index >= 15 is 0 Å². The van der Waals surface area contributed by atoms with Gasteiger partial charge in [-0.3, -0.25) is 10.1 Å². The van der Waals surface area contributed by atoms with Crippen molar-refractivity contribution in [2.75, 3.05) is 5.32 Å². The summed E-state index contributed by atoms with van der Waals surface area (Å²) in [6.45, 7) is 1.82. The summed E-state index contributed by atoms with van der Waals surface area (Å²) in [5, 5.41) is 14.6. The van der Waals surface area contributed by atoms with E-state index in [-0.39, 0.29) is 16.7 Å². The smallest absolute Gasteiger partial charge is 0.276 e. The van der Waals surface area contributed by atoms with Gasteiger partial charge in [-0.2, -0.15) is 0 Å². The predicted octanol–water partition coefficient (Wildman–Crippen LogP) is 5.00. The van der Waals surface area contributed by atoms with Crippen molar-refractivity contribution < 1.29 is 4.92 Å². The molecule has 2 aromatic rings. The molecule has 1 aromatic heterocycles. The third-order valence-electron chi connectivity index (χ3n) is 2.50. The minimum absolute atomic E-state index is 0.0102. The molecule has 0 atom stereocenters. The highest BCUT2D eigenvalue weighted by molar-refractivity contribution is 6.36. The molecule has 1 aromatic carbocycles. The molecule has 1 N–H and O–H groups in total. The Hall–Kier alpha value is -1.56. The molecule has 0 aliphatic heterocycles. The highest BCUT2D eigenvalue weighted by Gasteiger charge is 2.12. The lowest BCUT2D eigenvalue weighted by Gasteiger charge is -2.10. The molecule has 0 amide bonds. The van der Waals surface area contributed by atoms with Crippen molar-refractivity contribution in [3.8, 4) is 0 Å². The molecule has 0 aliphatic carbocycles. The number of nitrogens with zero attached hydrogens (tertiary/aromatic N) is 2. The first-order valence-corrected chi connectivity index (χ1v) is 6.55. The van der Waals surface area contributed by atoms with Gasteiger partial charge in [0.2, 0.25) is 0 Å². The molecule has 5 nitrogen and oxygen atoms in total. The molecule has 8 heteroatoms. The van der Waals surface area contributed by atoms with E-state index in [2.05, 4.69) is 10.3 Å². The average molecular weight is 333 g/mol. The lowest BCUT2D eigenvalue weighted by molar-refractivity contribution is -0.384. The number of hydrogen-bond acceptors (Lipinski definition) is 4. The van der Waals surface area contributed by atoms with Crippen molar-refractivity contribution in [2.45, 2.75) is 6.92 Å². The van der Waals surface area contributed by atoms with Crippen molar-refractivity contribution >= 4 is 52.0 Å². The molecule has 0 unspecified atom stereocenters. The lowest BCUT2D eigenvalue weighted by atomic mass is 10.2. The average Bonchev–Trinajstić information content (AvgIpc) is 2.35. The summed E-state index contributed by atoms with van der Waals surface area (Å²) >= 11 is 17.8. The van der Waals surface area contributed by atoms with E-state index in [1.807, 2.05) is 6.92 Å². The second-order valence-electron chi connectivity index (χ2n) is 4.00. The first-order valence-electron chi connectivity index (χ1n) is 5.41. The molecule has 0 spiro atoms. The SMILES string of the molecule is Cc1cc(Cl)c(Nc2cc([N+](=O)[O-])cc(Cl)n2)cc1Cl. The van der Waals surface area contributed by atoms with Crippen LogP contribution in [0.1, 0.15) is 5.56 Å². The highest BCUT2D eigenvalue weighted by Crippen LogP contribution is 2.31. The van der Waals surface area contributed by atoms with Crippen molar-refractivity contribution in [3.05, 3.63) is 55.1 Å². The van der Waals surface area contributed by atoms with Crippen LogP contribution in [0.3, 0.4) is 0 Å². The molecule has 104 valence electrons. The van der Waals surface area contributed by atoms with Gasteiger partial charge in [-0.1, -0.05) is 34.8 Å². The van der Waals surface area contributed by atoms with Crippen LogP contribution >= 0.6 is 34.8 Å². The topological polar surface area (TPSA) is 68.1 Å². The third kappa shape index (κ3) is 3.30. The summed E-state index contributed by atoms with van der Waals surface area (Å²) in [7, 11) is 0. The van der Waals surface area contributed by atoms with Gasteiger partial charge < -0.3 is 5.32 Å². The summed E-state index contributed by atoms with van der Waals surface area (Å²) in [4.78, 5) is 14.2. The maximum absolute atomic E-state index is 10.8. The standard InChI is InChI=1S/C12H8Cl3N3O2/c1-6-2-9(14)10(5-8(6)13)16-12-4-7(18(19)20)3-11(15)17-12/h2-5H,1H3,(H,16,17). The molecule has 1 heterocycles. The molecule has 0 radical (unpaired) electrons. The number of aromatic nitrogens is 1. The molecule has 0 saturated heterocycles. The van der Waals surface area contributed by atoms with Gasteiger partial charge in [0.25, 0.3) is 5.69 Å². The van der Waals surface area contributed by atoms with Crippen LogP contribution in [-0.4, -0.2) is 9.91 Å². The summed E-state index contributed by atoms with van der Waals surface area (Å²) in [6.07, 6.45) is 0. The van der Waals surface area contributed by atoms with Crippen LogP contribution in [0.15, 0.2) is 24.3 Å². The van der Waals surface area contributed by atoms with Crippen molar-refractivity contribution in [1.82, 2.24) is 4.98 Å². The summed E-state index contributed by atoms with van der Waals surface area (Å²) in [5.74, 6) is 0.214. The van der Waals surface area contributed by atoms with Crippen LogP contribution in [0.2, 0.25) is 15.2 Å². The van der Waals surface area contributed by atoms with Gasteiger partial charge in [0.1, 0.15) is 11.0 Å². The normalized spacial score (nSPS) is 10.4. The number of nitrogens with one attached hydrogen (secondary N) is 1. The fourth-order valence-corrected chi connectivity index (χ4v) is 2.16. The van der Waals surface area contributed by atoms with Gasteiger partial charge in [-0.15, -0.1) is 0 Å². The van der Waals surface area contributed by atoms with E-state index in [1.165, 1.54) is 6.07 Å². The monoisotopic (exact) mass is 331 g/mol. The fraction of sp³-hybridized carbons (Fsp3) is 0.0833. The predicted molar refractivity (Wildman–Crippen MR) is 80.4 cm³/mol. The number of anilines is 2. The van der Waals surface area contributed by atoms with Crippen LogP contribution in [0.4, 0.5) is 17.2 Å². The number of hydrogen-bond donors (Lipinski definition) is 1. The Morgan fingerprint density at radius 2 is 1.85 bits per heavy atom. The molecular formula is C12H8Cl3N3O2. The maximum atomic E-state index is 10.8. The quantitative estimate of drug-likeness (QED) is 0.488.